The van der Waals surface area contributed by atoms with Gasteiger partial charge in [-0.1, -0.05) is 45.7 Å². The number of hydrogen-bond donors (Lipinski definition) is 0. The minimum Gasteiger partial charge on any atom is -0.495 e. The Kier molecular flexibility index (Phi) is 5.52. The van der Waals surface area contributed by atoms with Gasteiger partial charge in [0.05, 0.1) is 24.1 Å². The molecule has 112 valence electrons. The number of ether oxygens (including phenoxy) is 2. The van der Waals surface area contributed by atoms with E-state index in [2.05, 4.69) is 31.9 Å². The lowest BCUT2D eigenvalue weighted by Gasteiger charge is -2.18. The van der Waals surface area contributed by atoms with Crippen LogP contribution in [0.4, 0.5) is 4.39 Å². The highest BCUT2D eigenvalue weighted by molar-refractivity contribution is 9.10. The highest BCUT2D eigenvalue weighted by Crippen LogP contribution is 2.45. The van der Waals surface area contributed by atoms with Crippen molar-refractivity contribution >= 4 is 43.5 Å². The molecule has 1 unspecified atom stereocenters. The van der Waals surface area contributed by atoms with E-state index >= 15 is 0 Å². The van der Waals surface area contributed by atoms with Gasteiger partial charge in [0.2, 0.25) is 0 Å². The van der Waals surface area contributed by atoms with Gasteiger partial charge in [0.1, 0.15) is 21.8 Å². The van der Waals surface area contributed by atoms with E-state index in [0.717, 1.165) is 5.56 Å². The molecule has 21 heavy (non-hydrogen) atoms. The Morgan fingerprint density at radius 3 is 2.43 bits per heavy atom. The monoisotopic (exact) mass is 436 g/mol. The van der Waals surface area contributed by atoms with Crippen LogP contribution in [-0.2, 0) is 0 Å². The summed E-state index contributed by atoms with van der Waals surface area (Å²) in [5.74, 6) is 0.808. The lowest BCUT2D eigenvalue weighted by Crippen LogP contribution is -2.00. The van der Waals surface area contributed by atoms with Crippen molar-refractivity contribution in [1.29, 1.82) is 0 Å². The van der Waals surface area contributed by atoms with Gasteiger partial charge in [0.25, 0.3) is 0 Å². The molecule has 0 radical (unpaired) electrons. The number of rotatable bonds is 4. The molecule has 0 fully saturated rings. The number of benzene rings is 2. The molecule has 0 saturated heterocycles. The van der Waals surface area contributed by atoms with Gasteiger partial charge in [0.15, 0.2) is 0 Å². The van der Waals surface area contributed by atoms with Crippen molar-refractivity contribution in [2.75, 3.05) is 14.2 Å². The predicted molar refractivity (Wildman–Crippen MR) is 89.4 cm³/mol. The zero-order valence-electron chi connectivity index (χ0n) is 11.3. The van der Waals surface area contributed by atoms with Crippen molar-refractivity contribution in [3.8, 4) is 11.5 Å². The van der Waals surface area contributed by atoms with E-state index in [1.807, 2.05) is 12.1 Å². The van der Waals surface area contributed by atoms with Gasteiger partial charge in [-0.05, 0) is 33.6 Å². The summed E-state index contributed by atoms with van der Waals surface area (Å²) < 4.78 is 25.0. The van der Waals surface area contributed by atoms with Gasteiger partial charge < -0.3 is 9.47 Å². The second-order valence-corrected chi connectivity index (χ2v) is 6.30. The second kappa shape index (κ2) is 6.99. The van der Waals surface area contributed by atoms with Gasteiger partial charge in [0, 0.05) is 5.56 Å². The molecule has 0 spiro atoms. The highest BCUT2D eigenvalue weighted by Gasteiger charge is 2.22. The molecule has 0 aromatic heterocycles. The Balaban J connectivity index is 2.56. The van der Waals surface area contributed by atoms with E-state index in [-0.39, 0.29) is 9.85 Å². The molecule has 0 aliphatic rings. The van der Waals surface area contributed by atoms with E-state index in [1.54, 1.807) is 26.4 Å². The molecular weight excluding hydrogens is 426 g/mol. The summed E-state index contributed by atoms with van der Waals surface area (Å²) >= 11 is 13.1. The maximum atomic E-state index is 13.6. The molecule has 0 saturated carbocycles. The van der Waals surface area contributed by atoms with Crippen LogP contribution in [0.3, 0.4) is 0 Å². The predicted octanol–water partition coefficient (Wildman–Crippen LogP) is 5.74. The molecule has 2 aromatic rings. The van der Waals surface area contributed by atoms with Crippen molar-refractivity contribution in [2.45, 2.75) is 4.83 Å². The standard InChI is InChI=1S/C15H12Br2ClFO2/c1-20-11-7-6-9(15(21-2)13(11)17)12(16)8-4-3-5-10(19)14(8)18/h3-7,12H,1-2H3. The van der Waals surface area contributed by atoms with E-state index in [0.29, 0.717) is 21.5 Å². The van der Waals surface area contributed by atoms with Crippen LogP contribution in [0.1, 0.15) is 16.0 Å². The second-order valence-electron chi connectivity index (χ2n) is 4.21. The molecular formula is C15H12Br2ClFO2. The van der Waals surface area contributed by atoms with Gasteiger partial charge in [-0.15, -0.1) is 0 Å². The molecule has 0 aliphatic carbocycles. The zero-order chi connectivity index (χ0) is 15.6. The summed E-state index contributed by atoms with van der Waals surface area (Å²) in [4.78, 5) is -0.308. The van der Waals surface area contributed by atoms with Gasteiger partial charge in [-0.2, -0.15) is 0 Å². The summed E-state index contributed by atoms with van der Waals surface area (Å²) in [6, 6.07) is 8.37. The van der Waals surface area contributed by atoms with Crippen LogP contribution in [0.25, 0.3) is 0 Å². The largest absolute Gasteiger partial charge is 0.495 e. The van der Waals surface area contributed by atoms with Crippen LogP contribution in [0, 0.1) is 5.82 Å². The summed E-state index contributed by atoms with van der Waals surface area (Å²) in [5, 5.41) is 0.0911. The Morgan fingerprint density at radius 1 is 1.10 bits per heavy atom. The number of halogens is 4. The quantitative estimate of drug-likeness (QED) is 0.567. The zero-order valence-corrected chi connectivity index (χ0v) is 15.2. The summed E-state index contributed by atoms with van der Waals surface area (Å²) in [6.07, 6.45) is 0. The van der Waals surface area contributed by atoms with Crippen LogP contribution in [-0.4, -0.2) is 14.2 Å². The summed E-state index contributed by atoms with van der Waals surface area (Å²) in [6.45, 7) is 0. The topological polar surface area (TPSA) is 18.5 Å². The van der Waals surface area contributed by atoms with Crippen molar-refractivity contribution in [1.82, 2.24) is 0 Å². The Hall–Kier alpha value is -0.780. The minimum atomic E-state index is -0.454. The third kappa shape index (κ3) is 3.20. The average Bonchev–Trinajstić information content (AvgIpc) is 2.49. The third-order valence-electron chi connectivity index (χ3n) is 3.04. The van der Waals surface area contributed by atoms with E-state index < -0.39 is 5.82 Å². The van der Waals surface area contributed by atoms with Crippen molar-refractivity contribution in [3.63, 3.8) is 0 Å². The molecule has 2 nitrogen and oxygen atoms in total. The maximum absolute atomic E-state index is 13.6. The number of alkyl halides is 1. The summed E-state index contributed by atoms with van der Waals surface area (Å²) in [7, 11) is 3.14. The van der Waals surface area contributed by atoms with Crippen molar-refractivity contribution in [3.05, 3.63) is 56.8 Å². The molecule has 2 rings (SSSR count). The molecule has 1 atom stereocenters. The lowest BCUT2D eigenvalue weighted by molar-refractivity contribution is 0.386. The van der Waals surface area contributed by atoms with Crippen LogP contribution in [0.15, 0.2) is 34.8 Å². The molecule has 0 heterocycles. The lowest BCUT2D eigenvalue weighted by atomic mass is 10.0. The van der Waals surface area contributed by atoms with Crippen molar-refractivity contribution in [2.24, 2.45) is 0 Å². The first kappa shape index (κ1) is 16.6. The van der Waals surface area contributed by atoms with E-state index in [4.69, 9.17) is 21.1 Å². The summed E-state index contributed by atoms with van der Waals surface area (Å²) in [5.41, 5.74) is 1.45. The Morgan fingerprint density at radius 2 is 1.81 bits per heavy atom. The van der Waals surface area contributed by atoms with E-state index in [9.17, 15) is 4.39 Å². The van der Waals surface area contributed by atoms with Crippen LogP contribution in [0.2, 0.25) is 5.02 Å². The first-order valence-electron chi connectivity index (χ1n) is 5.99. The molecule has 0 N–H and O–H groups in total. The molecule has 6 heteroatoms. The highest BCUT2D eigenvalue weighted by atomic mass is 79.9. The molecule has 0 bridgehead atoms. The Labute approximate surface area is 144 Å². The maximum Gasteiger partial charge on any atom is 0.142 e. The fraction of sp³-hybridized carbons (Fsp3) is 0.200. The molecule has 0 amide bonds. The number of methoxy groups -OCH3 is 2. The van der Waals surface area contributed by atoms with Gasteiger partial charge in [-0.3, -0.25) is 0 Å². The van der Waals surface area contributed by atoms with Crippen molar-refractivity contribution < 1.29 is 13.9 Å². The van der Waals surface area contributed by atoms with E-state index in [1.165, 1.54) is 6.07 Å². The van der Waals surface area contributed by atoms with Crippen LogP contribution < -0.4 is 9.47 Å². The molecule has 0 aliphatic heterocycles. The fourth-order valence-corrected chi connectivity index (χ4v) is 3.80. The normalized spacial score (nSPS) is 12.1. The first-order valence-corrected chi connectivity index (χ1v) is 8.08. The third-order valence-corrected chi connectivity index (χ3v) is 5.18. The first-order chi connectivity index (χ1) is 10.0. The smallest absolute Gasteiger partial charge is 0.142 e. The van der Waals surface area contributed by atoms with Gasteiger partial charge >= 0.3 is 0 Å². The van der Waals surface area contributed by atoms with Gasteiger partial charge in [-0.25, -0.2) is 4.39 Å². The SMILES string of the molecule is COc1ccc(C(Br)c2cccc(F)c2Cl)c(OC)c1Br. The fourth-order valence-electron chi connectivity index (χ4n) is 2.00. The Bertz CT molecular complexity index is 664. The van der Waals surface area contributed by atoms with Crippen LogP contribution in [0.5, 0.6) is 11.5 Å². The molecule has 2 aromatic carbocycles. The average molecular weight is 439 g/mol. The van der Waals surface area contributed by atoms with Crippen LogP contribution >= 0.6 is 43.5 Å². The minimum absolute atomic E-state index is 0.0911. The number of hydrogen-bond acceptors (Lipinski definition) is 2.